The van der Waals surface area contributed by atoms with Crippen LogP contribution < -0.4 is 9.47 Å². The molecule has 2 aromatic carbocycles. The lowest BCUT2D eigenvalue weighted by molar-refractivity contribution is 0.0561. The second kappa shape index (κ2) is 9.64. The Balaban J connectivity index is 1.24. The van der Waals surface area contributed by atoms with E-state index in [0.717, 1.165) is 24.9 Å². The third-order valence-electron chi connectivity index (χ3n) is 7.45. The Morgan fingerprint density at radius 2 is 1.56 bits per heavy atom. The number of rotatable bonds is 5. The van der Waals surface area contributed by atoms with Crippen molar-refractivity contribution in [3.8, 4) is 17.2 Å². The number of likely N-dealkylation sites (tertiary alicyclic amines) is 2. The van der Waals surface area contributed by atoms with Gasteiger partial charge in [0, 0.05) is 26.2 Å². The Bertz CT molecular complexity index is 1260. The van der Waals surface area contributed by atoms with Gasteiger partial charge in [-0.3, -0.25) is 9.59 Å². The lowest BCUT2D eigenvalue weighted by atomic mass is 9.77. The van der Waals surface area contributed by atoms with Crippen molar-refractivity contribution in [3.63, 3.8) is 0 Å². The predicted octanol–water partition coefficient (Wildman–Crippen LogP) is 3.36. The minimum absolute atomic E-state index is 0.0221. The number of amides is 2. The van der Waals surface area contributed by atoms with Crippen LogP contribution in [0.25, 0.3) is 5.69 Å². The number of benzene rings is 2. The van der Waals surface area contributed by atoms with Crippen LogP contribution in [0, 0.1) is 12.3 Å². The quantitative estimate of drug-likeness (QED) is 0.546. The van der Waals surface area contributed by atoms with Gasteiger partial charge in [-0.05, 0) is 61.9 Å². The number of piperidine rings is 1. The van der Waals surface area contributed by atoms with Gasteiger partial charge in [0.2, 0.25) is 0 Å². The van der Waals surface area contributed by atoms with E-state index < -0.39 is 0 Å². The Kier molecular flexibility index (Phi) is 6.38. The number of hydrogen-bond acceptors (Lipinski definition) is 6. The van der Waals surface area contributed by atoms with E-state index in [1.165, 1.54) is 4.80 Å². The Morgan fingerprint density at radius 1 is 0.861 bits per heavy atom. The van der Waals surface area contributed by atoms with Crippen LogP contribution in [0.15, 0.2) is 48.5 Å². The Labute approximate surface area is 210 Å². The molecule has 0 saturated carbocycles. The molecule has 0 radical (unpaired) electrons. The van der Waals surface area contributed by atoms with Crippen LogP contribution in [0.2, 0.25) is 0 Å². The van der Waals surface area contributed by atoms with Crippen LogP contribution in [-0.2, 0) is 0 Å². The molecule has 9 heteroatoms. The van der Waals surface area contributed by atoms with Crippen molar-refractivity contribution in [1.29, 1.82) is 0 Å². The first-order valence-electron chi connectivity index (χ1n) is 12.2. The van der Waals surface area contributed by atoms with Crippen molar-refractivity contribution in [2.75, 3.05) is 40.4 Å². The van der Waals surface area contributed by atoms with Gasteiger partial charge < -0.3 is 19.3 Å². The van der Waals surface area contributed by atoms with Gasteiger partial charge in [-0.25, -0.2) is 0 Å². The normalized spacial score (nSPS) is 16.9. The number of aryl methyl sites for hydroxylation is 1. The van der Waals surface area contributed by atoms with Gasteiger partial charge in [-0.15, -0.1) is 5.10 Å². The van der Waals surface area contributed by atoms with Gasteiger partial charge in [0.05, 0.1) is 31.2 Å². The summed E-state index contributed by atoms with van der Waals surface area (Å²) in [5, 5.41) is 8.95. The SMILES string of the molecule is COc1ccc(OC)c(C(=O)N2CCC3(CC2)CCN(C(=O)c2nn(-c4ccccc4)nc2C)C3)c1. The molecular formula is C27H31N5O4. The number of aromatic nitrogens is 3. The number of hydrogen-bond donors (Lipinski definition) is 0. The van der Waals surface area contributed by atoms with E-state index in [9.17, 15) is 9.59 Å². The molecule has 2 fully saturated rings. The minimum atomic E-state index is -0.0776. The van der Waals surface area contributed by atoms with Crippen LogP contribution in [0.4, 0.5) is 0 Å². The van der Waals surface area contributed by atoms with Crippen LogP contribution in [0.1, 0.15) is 45.8 Å². The van der Waals surface area contributed by atoms with Crippen molar-refractivity contribution in [2.45, 2.75) is 26.2 Å². The molecule has 36 heavy (non-hydrogen) atoms. The fraction of sp³-hybridized carbons (Fsp3) is 0.407. The van der Waals surface area contributed by atoms with Crippen LogP contribution in [0.3, 0.4) is 0 Å². The van der Waals surface area contributed by atoms with E-state index in [0.29, 0.717) is 54.6 Å². The molecule has 2 amide bonds. The van der Waals surface area contributed by atoms with E-state index in [4.69, 9.17) is 9.47 Å². The molecule has 0 aliphatic carbocycles. The number of para-hydroxylation sites is 1. The van der Waals surface area contributed by atoms with Gasteiger partial charge in [0.25, 0.3) is 11.8 Å². The fourth-order valence-electron chi connectivity index (χ4n) is 5.26. The Hall–Kier alpha value is -3.88. The highest BCUT2D eigenvalue weighted by atomic mass is 16.5. The third-order valence-corrected chi connectivity index (χ3v) is 7.45. The molecule has 1 spiro atoms. The lowest BCUT2D eigenvalue weighted by Crippen LogP contribution is -2.44. The fourth-order valence-corrected chi connectivity index (χ4v) is 5.26. The van der Waals surface area contributed by atoms with Crippen LogP contribution in [-0.4, -0.2) is 77.0 Å². The maximum Gasteiger partial charge on any atom is 0.276 e. The number of carbonyl (C=O) groups is 2. The number of carbonyl (C=O) groups excluding carboxylic acids is 2. The zero-order valence-corrected chi connectivity index (χ0v) is 20.9. The summed E-state index contributed by atoms with van der Waals surface area (Å²) in [7, 11) is 3.14. The first-order chi connectivity index (χ1) is 17.4. The Morgan fingerprint density at radius 3 is 2.22 bits per heavy atom. The van der Waals surface area contributed by atoms with Gasteiger partial charge in [0.1, 0.15) is 11.5 Å². The molecule has 0 atom stereocenters. The molecule has 2 aliphatic heterocycles. The summed E-state index contributed by atoms with van der Waals surface area (Å²) < 4.78 is 10.7. The van der Waals surface area contributed by atoms with Crippen molar-refractivity contribution in [1.82, 2.24) is 24.8 Å². The molecule has 0 unspecified atom stereocenters. The maximum atomic E-state index is 13.3. The second-order valence-corrected chi connectivity index (χ2v) is 9.59. The maximum absolute atomic E-state index is 13.3. The molecule has 188 valence electrons. The molecule has 2 aliphatic rings. The summed E-state index contributed by atoms with van der Waals surface area (Å²) in [6.07, 6.45) is 2.63. The average Bonchev–Trinajstić information content (AvgIpc) is 3.52. The molecule has 2 saturated heterocycles. The summed E-state index contributed by atoms with van der Waals surface area (Å²) in [5.74, 6) is 1.03. The molecule has 0 N–H and O–H groups in total. The summed E-state index contributed by atoms with van der Waals surface area (Å²) in [6.45, 7) is 4.47. The summed E-state index contributed by atoms with van der Waals surface area (Å²) in [4.78, 5) is 31.9. The molecule has 5 rings (SSSR count). The van der Waals surface area contributed by atoms with Crippen molar-refractivity contribution in [3.05, 3.63) is 65.5 Å². The average molecular weight is 490 g/mol. The summed E-state index contributed by atoms with van der Waals surface area (Å²) in [6, 6.07) is 14.9. The zero-order chi connectivity index (χ0) is 25.3. The van der Waals surface area contributed by atoms with Gasteiger partial charge in [-0.2, -0.15) is 9.90 Å². The van der Waals surface area contributed by atoms with E-state index in [1.807, 2.05) is 47.1 Å². The van der Waals surface area contributed by atoms with Gasteiger partial charge in [-0.1, -0.05) is 18.2 Å². The topological polar surface area (TPSA) is 89.8 Å². The summed E-state index contributed by atoms with van der Waals surface area (Å²) >= 11 is 0. The first-order valence-corrected chi connectivity index (χ1v) is 12.2. The smallest absolute Gasteiger partial charge is 0.276 e. The molecule has 0 bridgehead atoms. The van der Waals surface area contributed by atoms with Crippen molar-refractivity contribution >= 4 is 11.8 Å². The number of methoxy groups -OCH3 is 2. The zero-order valence-electron chi connectivity index (χ0n) is 20.9. The highest BCUT2D eigenvalue weighted by Gasteiger charge is 2.43. The highest BCUT2D eigenvalue weighted by molar-refractivity contribution is 5.97. The van der Waals surface area contributed by atoms with Crippen molar-refractivity contribution in [2.24, 2.45) is 5.41 Å². The standard InChI is InChI=1S/C27H31N5O4/c1-19-24(29-32(28-19)20-7-5-4-6-8-20)26(34)31-16-13-27(18-31)11-14-30(15-12-27)25(33)22-17-21(35-2)9-10-23(22)36-3/h4-10,17H,11-16,18H2,1-3H3. The molecule has 3 aromatic rings. The second-order valence-electron chi connectivity index (χ2n) is 9.59. The number of ether oxygens (including phenoxy) is 2. The predicted molar refractivity (Wildman–Crippen MR) is 134 cm³/mol. The number of nitrogens with zero attached hydrogens (tertiary/aromatic N) is 5. The first kappa shape index (κ1) is 23.8. The third kappa shape index (κ3) is 4.41. The molecule has 1 aromatic heterocycles. The molecule has 9 nitrogen and oxygen atoms in total. The van der Waals surface area contributed by atoms with Gasteiger partial charge in [0.15, 0.2) is 5.69 Å². The summed E-state index contributed by atoms with van der Waals surface area (Å²) in [5.41, 5.74) is 2.37. The highest BCUT2D eigenvalue weighted by Crippen LogP contribution is 2.41. The van der Waals surface area contributed by atoms with Gasteiger partial charge >= 0.3 is 0 Å². The van der Waals surface area contributed by atoms with Crippen molar-refractivity contribution < 1.29 is 19.1 Å². The monoisotopic (exact) mass is 489 g/mol. The minimum Gasteiger partial charge on any atom is -0.497 e. The molecule has 3 heterocycles. The van der Waals surface area contributed by atoms with Crippen LogP contribution >= 0.6 is 0 Å². The lowest BCUT2D eigenvalue weighted by Gasteiger charge is -2.39. The van der Waals surface area contributed by atoms with E-state index in [-0.39, 0.29) is 17.2 Å². The molecular weight excluding hydrogens is 458 g/mol. The van der Waals surface area contributed by atoms with E-state index in [1.54, 1.807) is 32.4 Å². The van der Waals surface area contributed by atoms with E-state index in [2.05, 4.69) is 10.2 Å². The largest absolute Gasteiger partial charge is 0.497 e. The van der Waals surface area contributed by atoms with Crippen LogP contribution in [0.5, 0.6) is 11.5 Å². The van der Waals surface area contributed by atoms with E-state index >= 15 is 0 Å².